The third kappa shape index (κ3) is 7.02. The van der Waals surface area contributed by atoms with E-state index in [1.54, 1.807) is 36.4 Å². The van der Waals surface area contributed by atoms with Crippen molar-refractivity contribution in [3.63, 3.8) is 0 Å². The maximum absolute atomic E-state index is 12.3. The van der Waals surface area contributed by atoms with Crippen LogP contribution in [0, 0.1) is 18.3 Å². The van der Waals surface area contributed by atoms with Crippen molar-refractivity contribution >= 4 is 49.9 Å². The molecule has 1 aromatic heterocycles. The van der Waals surface area contributed by atoms with Crippen LogP contribution < -0.4 is 14.8 Å². The van der Waals surface area contributed by atoms with Crippen molar-refractivity contribution in [3.8, 4) is 17.6 Å². The molecule has 0 aliphatic rings. The molecule has 0 atom stereocenters. The van der Waals surface area contributed by atoms with Crippen LogP contribution in [0.1, 0.15) is 11.1 Å². The van der Waals surface area contributed by atoms with E-state index in [0.29, 0.717) is 46.6 Å². The first-order valence-corrected chi connectivity index (χ1v) is 12.8. The van der Waals surface area contributed by atoms with Crippen molar-refractivity contribution in [1.82, 2.24) is 10.2 Å². The molecule has 9 nitrogen and oxygen atoms in total. The largest absolute Gasteiger partial charge is 0.490 e. The zero-order valence-corrected chi connectivity index (χ0v) is 20.5. The van der Waals surface area contributed by atoms with Gasteiger partial charge in [0.2, 0.25) is 19.3 Å². The molecule has 0 fully saturated rings. The van der Waals surface area contributed by atoms with Gasteiger partial charge in [-0.1, -0.05) is 35.1 Å². The Morgan fingerprint density at radius 3 is 2.38 bits per heavy atom. The third-order valence-corrected chi connectivity index (χ3v) is 7.18. The van der Waals surface area contributed by atoms with Crippen molar-refractivity contribution < 1.29 is 22.7 Å². The van der Waals surface area contributed by atoms with Gasteiger partial charge in [0.05, 0.1) is 0 Å². The molecule has 0 saturated heterocycles. The van der Waals surface area contributed by atoms with E-state index >= 15 is 0 Å². The fraction of sp³-hybridized carbons (Fsp3) is 0.182. The number of benzene rings is 2. The fourth-order valence-electron chi connectivity index (χ4n) is 2.58. The number of carbonyl (C=O) groups is 1. The summed E-state index contributed by atoms with van der Waals surface area (Å²) in [5, 5.41) is 19.5. The number of hydrogen-bond acceptors (Lipinski definition) is 9. The Balaban J connectivity index is 1.54. The van der Waals surface area contributed by atoms with Gasteiger partial charge in [-0.3, -0.25) is 10.1 Å². The predicted octanol–water partition coefficient (Wildman–Crippen LogP) is 3.91. The highest BCUT2D eigenvalue weighted by Gasteiger charge is 2.17. The van der Waals surface area contributed by atoms with E-state index in [-0.39, 0.29) is 15.0 Å². The number of hydrogen-bond donors (Lipinski definition) is 1. The lowest BCUT2D eigenvalue weighted by atomic mass is 10.1. The van der Waals surface area contributed by atoms with Crippen LogP contribution in [-0.2, 0) is 14.6 Å². The van der Waals surface area contributed by atoms with Gasteiger partial charge in [-0.25, -0.2) is 8.42 Å². The molecule has 176 valence electrons. The van der Waals surface area contributed by atoms with Crippen LogP contribution in [0.4, 0.5) is 5.13 Å². The number of rotatable bonds is 9. The van der Waals surface area contributed by atoms with Crippen molar-refractivity contribution in [3.05, 3.63) is 64.2 Å². The first-order chi connectivity index (χ1) is 16.2. The van der Waals surface area contributed by atoms with Crippen LogP contribution in [0.5, 0.6) is 11.5 Å². The van der Waals surface area contributed by atoms with Crippen LogP contribution in [0.3, 0.4) is 0 Å². The van der Waals surface area contributed by atoms with E-state index in [0.717, 1.165) is 11.8 Å². The maximum atomic E-state index is 12.3. The van der Waals surface area contributed by atoms with Crippen LogP contribution in [0.2, 0.25) is 5.02 Å². The first kappa shape index (κ1) is 25.2. The smallest absolute Gasteiger partial charge is 0.268 e. The summed E-state index contributed by atoms with van der Waals surface area (Å²) in [6.07, 6.45) is 2.38. The first-order valence-electron chi connectivity index (χ1n) is 9.74. The summed E-state index contributed by atoms with van der Waals surface area (Å²) in [6.45, 7) is 2.56. The number of nitrogens with one attached hydrogen (secondary N) is 1. The number of halogens is 1. The molecular weight excluding hydrogens is 500 g/mol. The molecule has 0 aliphatic carbocycles. The number of carbonyl (C=O) groups excluding carboxylic acids is 1. The van der Waals surface area contributed by atoms with Gasteiger partial charge < -0.3 is 9.47 Å². The van der Waals surface area contributed by atoms with Crippen molar-refractivity contribution in [2.24, 2.45) is 0 Å². The molecule has 0 bridgehead atoms. The minimum Gasteiger partial charge on any atom is -0.490 e. The van der Waals surface area contributed by atoms with Gasteiger partial charge in [-0.2, -0.15) is 5.26 Å². The second-order valence-corrected chi connectivity index (χ2v) is 10.5. The standard InChI is InChI=1S/C22H19ClN4O5S2/c1-14-11-18(7-8-19(14)23)32-10-9-31-17-5-3-15(4-6-17)12-16(13-24)20(28)25-21-26-27-22(33-21)34(2,29)30/h3-8,11-12H,9-10H2,1-2H3,(H,25,26,28)/b16-12-. The average molecular weight is 519 g/mol. The van der Waals surface area contributed by atoms with Gasteiger partial charge in [-0.05, 0) is 54.5 Å². The summed E-state index contributed by atoms with van der Waals surface area (Å²) in [5.74, 6) is 0.570. The predicted molar refractivity (Wildman–Crippen MR) is 129 cm³/mol. The van der Waals surface area contributed by atoms with Gasteiger partial charge in [0, 0.05) is 11.3 Å². The van der Waals surface area contributed by atoms with Crippen LogP contribution in [0.25, 0.3) is 6.08 Å². The molecule has 0 radical (unpaired) electrons. The SMILES string of the molecule is Cc1cc(OCCOc2ccc(/C=C(/C#N)C(=O)Nc3nnc(S(C)(=O)=O)s3)cc2)ccc1Cl. The summed E-state index contributed by atoms with van der Waals surface area (Å²) in [7, 11) is -3.53. The maximum Gasteiger partial charge on any atom is 0.268 e. The van der Waals surface area contributed by atoms with E-state index in [1.165, 1.54) is 6.08 Å². The Kier molecular flexibility index (Phi) is 8.22. The minimum absolute atomic E-state index is 0.0219. The molecule has 1 N–H and O–H groups in total. The lowest BCUT2D eigenvalue weighted by Crippen LogP contribution is -2.13. The van der Waals surface area contributed by atoms with E-state index in [4.69, 9.17) is 21.1 Å². The Hall–Kier alpha value is -3.46. The summed E-state index contributed by atoms with van der Waals surface area (Å²) in [4.78, 5) is 12.3. The van der Waals surface area contributed by atoms with E-state index in [9.17, 15) is 18.5 Å². The molecule has 34 heavy (non-hydrogen) atoms. The highest BCUT2D eigenvalue weighted by Crippen LogP contribution is 2.22. The lowest BCUT2D eigenvalue weighted by Gasteiger charge is -2.09. The number of amides is 1. The van der Waals surface area contributed by atoms with E-state index in [2.05, 4.69) is 15.5 Å². The highest BCUT2D eigenvalue weighted by molar-refractivity contribution is 7.92. The molecule has 0 unspecified atom stereocenters. The quantitative estimate of drug-likeness (QED) is 0.195. The van der Waals surface area contributed by atoms with Crippen LogP contribution >= 0.6 is 22.9 Å². The fourth-order valence-corrected chi connectivity index (χ4v) is 4.20. The number of nitrogens with zero attached hydrogens (tertiary/aromatic N) is 3. The Morgan fingerprint density at radius 2 is 1.79 bits per heavy atom. The number of aromatic nitrogens is 2. The molecular formula is C22H19ClN4O5S2. The zero-order chi connectivity index (χ0) is 24.7. The topological polar surface area (TPSA) is 131 Å². The lowest BCUT2D eigenvalue weighted by molar-refractivity contribution is -0.112. The zero-order valence-electron chi connectivity index (χ0n) is 18.1. The summed E-state index contributed by atoms with van der Waals surface area (Å²) >= 11 is 6.70. The minimum atomic E-state index is -3.53. The van der Waals surface area contributed by atoms with Crippen LogP contribution in [-0.4, -0.2) is 44.0 Å². The molecule has 0 aliphatic heterocycles. The number of ether oxygens (including phenoxy) is 2. The van der Waals surface area contributed by atoms with Crippen LogP contribution in [0.15, 0.2) is 52.4 Å². The molecule has 3 aromatic rings. The molecule has 0 saturated carbocycles. The number of sulfone groups is 1. The summed E-state index contributed by atoms with van der Waals surface area (Å²) in [5.41, 5.74) is 1.34. The molecule has 1 heterocycles. The average Bonchev–Trinajstić information content (AvgIpc) is 3.27. The van der Waals surface area contributed by atoms with Crippen molar-refractivity contribution in [2.45, 2.75) is 11.3 Å². The molecule has 0 spiro atoms. The molecule has 2 aromatic carbocycles. The second kappa shape index (κ2) is 11.1. The Bertz CT molecular complexity index is 1360. The number of nitriles is 1. The normalized spacial score (nSPS) is 11.5. The summed E-state index contributed by atoms with van der Waals surface area (Å²) in [6, 6.07) is 14.0. The number of aryl methyl sites for hydroxylation is 1. The Morgan fingerprint density at radius 1 is 1.15 bits per heavy atom. The Labute approximate surface area is 205 Å². The van der Waals surface area contributed by atoms with Crippen molar-refractivity contribution in [2.75, 3.05) is 24.8 Å². The van der Waals surface area contributed by atoms with Crippen molar-refractivity contribution in [1.29, 1.82) is 5.26 Å². The molecule has 3 rings (SSSR count). The van der Waals surface area contributed by atoms with Gasteiger partial charge in [0.15, 0.2) is 0 Å². The third-order valence-electron chi connectivity index (χ3n) is 4.25. The monoisotopic (exact) mass is 518 g/mol. The van der Waals surface area contributed by atoms with Gasteiger partial charge >= 0.3 is 0 Å². The second-order valence-electron chi connectivity index (χ2n) is 6.95. The molecule has 12 heteroatoms. The van der Waals surface area contributed by atoms with E-state index in [1.807, 2.05) is 19.1 Å². The number of anilines is 1. The van der Waals surface area contributed by atoms with Gasteiger partial charge in [-0.15, -0.1) is 10.2 Å². The van der Waals surface area contributed by atoms with E-state index < -0.39 is 15.7 Å². The van der Waals surface area contributed by atoms with Gasteiger partial charge in [0.25, 0.3) is 5.91 Å². The highest BCUT2D eigenvalue weighted by atomic mass is 35.5. The van der Waals surface area contributed by atoms with Gasteiger partial charge in [0.1, 0.15) is 36.4 Å². The molecule has 1 amide bonds. The summed E-state index contributed by atoms with van der Waals surface area (Å²) < 4.78 is 34.0.